The standard InChI is InChI=1S/C12H15N5O/c13-5-3-12(18)17-7-1-2-10(17)8-15-11-4-6-14-9-16-11/h4,6,9-10H,1-3,7-8H2,(H,14,15,16). The summed E-state index contributed by atoms with van der Waals surface area (Å²) in [7, 11) is 0. The number of amides is 1. The van der Waals surface area contributed by atoms with Gasteiger partial charge in [0.05, 0.1) is 6.07 Å². The molecule has 6 heteroatoms. The van der Waals surface area contributed by atoms with Gasteiger partial charge in [0.25, 0.3) is 0 Å². The molecule has 6 nitrogen and oxygen atoms in total. The molecule has 1 amide bonds. The van der Waals surface area contributed by atoms with Gasteiger partial charge in [0.1, 0.15) is 18.6 Å². The van der Waals surface area contributed by atoms with E-state index < -0.39 is 0 Å². The van der Waals surface area contributed by atoms with Crippen LogP contribution in [0, 0.1) is 11.3 Å². The first kappa shape index (κ1) is 12.3. The van der Waals surface area contributed by atoms with E-state index in [1.165, 1.54) is 6.33 Å². The Morgan fingerprint density at radius 3 is 3.28 bits per heavy atom. The number of aromatic nitrogens is 2. The van der Waals surface area contributed by atoms with Gasteiger partial charge in [-0.2, -0.15) is 5.26 Å². The third-order valence-electron chi connectivity index (χ3n) is 3.03. The maximum absolute atomic E-state index is 11.7. The van der Waals surface area contributed by atoms with Gasteiger partial charge >= 0.3 is 0 Å². The molecule has 2 rings (SSSR count). The van der Waals surface area contributed by atoms with Crippen molar-refractivity contribution < 1.29 is 4.79 Å². The van der Waals surface area contributed by atoms with Crippen molar-refractivity contribution >= 4 is 11.7 Å². The second-order valence-electron chi connectivity index (χ2n) is 4.19. The van der Waals surface area contributed by atoms with E-state index in [9.17, 15) is 4.79 Å². The molecule has 0 aliphatic carbocycles. The zero-order valence-corrected chi connectivity index (χ0v) is 10.0. The number of nitrogens with one attached hydrogen (secondary N) is 1. The Balaban J connectivity index is 1.89. The van der Waals surface area contributed by atoms with E-state index in [1.54, 1.807) is 17.2 Å². The van der Waals surface area contributed by atoms with Gasteiger partial charge in [0.15, 0.2) is 0 Å². The molecule has 1 aromatic heterocycles. The van der Waals surface area contributed by atoms with Crippen LogP contribution in [0.2, 0.25) is 0 Å². The number of anilines is 1. The average molecular weight is 245 g/mol. The van der Waals surface area contributed by atoms with Crippen molar-refractivity contribution in [2.45, 2.75) is 25.3 Å². The van der Waals surface area contributed by atoms with Crippen LogP contribution >= 0.6 is 0 Å². The fourth-order valence-electron chi connectivity index (χ4n) is 2.16. The van der Waals surface area contributed by atoms with E-state index in [2.05, 4.69) is 15.3 Å². The van der Waals surface area contributed by atoms with Gasteiger partial charge in [-0.1, -0.05) is 0 Å². The van der Waals surface area contributed by atoms with Crippen LogP contribution in [0.5, 0.6) is 0 Å². The SMILES string of the molecule is N#CCC(=O)N1CCCC1CNc1ccncn1. The predicted molar refractivity (Wildman–Crippen MR) is 65.5 cm³/mol. The van der Waals surface area contributed by atoms with Crippen LogP contribution in [0.4, 0.5) is 5.82 Å². The smallest absolute Gasteiger partial charge is 0.237 e. The maximum atomic E-state index is 11.7. The highest BCUT2D eigenvalue weighted by Gasteiger charge is 2.27. The van der Waals surface area contributed by atoms with Crippen molar-refractivity contribution in [1.29, 1.82) is 5.26 Å². The zero-order chi connectivity index (χ0) is 12.8. The van der Waals surface area contributed by atoms with Crippen LogP contribution in [0.3, 0.4) is 0 Å². The molecule has 0 bridgehead atoms. The Labute approximate surface area is 106 Å². The summed E-state index contributed by atoms with van der Waals surface area (Å²) >= 11 is 0. The number of rotatable bonds is 4. The third kappa shape index (κ3) is 2.94. The summed E-state index contributed by atoms with van der Waals surface area (Å²) in [5.74, 6) is 0.675. The topological polar surface area (TPSA) is 81.9 Å². The molecule has 1 fully saturated rings. The lowest BCUT2D eigenvalue weighted by Gasteiger charge is -2.24. The van der Waals surface area contributed by atoms with Crippen molar-refractivity contribution in [1.82, 2.24) is 14.9 Å². The molecule has 94 valence electrons. The Kier molecular flexibility index (Phi) is 4.07. The summed E-state index contributed by atoms with van der Waals surface area (Å²) in [5, 5.41) is 11.7. The van der Waals surface area contributed by atoms with Gasteiger partial charge in [-0.15, -0.1) is 0 Å². The normalized spacial score (nSPS) is 18.4. The van der Waals surface area contributed by atoms with Gasteiger partial charge in [-0.25, -0.2) is 9.97 Å². The largest absolute Gasteiger partial charge is 0.368 e. The summed E-state index contributed by atoms with van der Waals surface area (Å²) in [6.45, 7) is 1.41. The highest BCUT2D eigenvalue weighted by molar-refractivity contribution is 5.78. The summed E-state index contributed by atoms with van der Waals surface area (Å²) < 4.78 is 0. The van der Waals surface area contributed by atoms with E-state index in [0.717, 1.165) is 25.2 Å². The van der Waals surface area contributed by atoms with E-state index in [-0.39, 0.29) is 18.4 Å². The Bertz CT molecular complexity index is 442. The average Bonchev–Trinajstić information content (AvgIpc) is 2.86. The quantitative estimate of drug-likeness (QED) is 0.848. The fraction of sp³-hybridized carbons (Fsp3) is 0.500. The van der Waals surface area contributed by atoms with E-state index in [1.807, 2.05) is 6.07 Å². The number of likely N-dealkylation sites (tertiary alicyclic amines) is 1. The first-order chi connectivity index (χ1) is 8.81. The molecular weight excluding hydrogens is 230 g/mol. The Morgan fingerprint density at radius 2 is 2.56 bits per heavy atom. The van der Waals surface area contributed by atoms with Gasteiger partial charge in [0.2, 0.25) is 5.91 Å². The molecule has 0 saturated carbocycles. The second-order valence-corrected chi connectivity index (χ2v) is 4.19. The number of nitrogens with zero attached hydrogens (tertiary/aromatic N) is 4. The summed E-state index contributed by atoms with van der Waals surface area (Å²) in [5.41, 5.74) is 0. The van der Waals surface area contributed by atoms with Crippen LogP contribution in [0.15, 0.2) is 18.6 Å². The van der Waals surface area contributed by atoms with Crippen molar-refractivity contribution in [2.24, 2.45) is 0 Å². The summed E-state index contributed by atoms with van der Waals surface area (Å²) in [6.07, 6.45) is 5.07. The Hall–Kier alpha value is -2.16. The molecule has 1 N–H and O–H groups in total. The van der Waals surface area contributed by atoms with Crippen molar-refractivity contribution in [2.75, 3.05) is 18.4 Å². The zero-order valence-electron chi connectivity index (χ0n) is 10.0. The molecule has 2 heterocycles. The highest BCUT2D eigenvalue weighted by atomic mass is 16.2. The lowest BCUT2D eigenvalue weighted by atomic mass is 10.2. The summed E-state index contributed by atoms with van der Waals surface area (Å²) in [4.78, 5) is 21.4. The van der Waals surface area contributed by atoms with Crippen molar-refractivity contribution in [3.63, 3.8) is 0 Å². The van der Waals surface area contributed by atoms with E-state index in [4.69, 9.17) is 5.26 Å². The minimum absolute atomic E-state index is 0.0377. The molecule has 1 unspecified atom stereocenters. The van der Waals surface area contributed by atoms with Crippen LogP contribution in [-0.4, -0.2) is 39.9 Å². The molecule has 0 aromatic carbocycles. The Morgan fingerprint density at radius 1 is 1.67 bits per heavy atom. The van der Waals surface area contributed by atoms with Crippen LogP contribution in [0.25, 0.3) is 0 Å². The molecule has 1 saturated heterocycles. The maximum Gasteiger partial charge on any atom is 0.237 e. The van der Waals surface area contributed by atoms with Crippen LogP contribution in [0.1, 0.15) is 19.3 Å². The lowest BCUT2D eigenvalue weighted by Crippen LogP contribution is -2.39. The molecule has 1 aromatic rings. The van der Waals surface area contributed by atoms with E-state index >= 15 is 0 Å². The van der Waals surface area contributed by atoms with Gasteiger partial charge < -0.3 is 10.2 Å². The van der Waals surface area contributed by atoms with Crippen molar-refractivity contribution in [3.05, 3.63) is 18.6 Å². The van der Waals surface area contributed by atoms with Crippen LogP contribution in [-0.2, 0) is 4.79 Å². The molecular formula is C12H15N5O. The highest BCUT2D eigenvalue weighted by Crippen LogP contribution is 2.18. The number of hydrogen-bond donors (Lipinski definition) is 1. The molecule has 18 heavy (non-hydrogen) atoms. The third-order valence-corrected chi connectivity index (χ3v) is 3.03. The first-order valence-corrected chi connectivity index (χ1v) is 5.97. The fourth-order valence-corrected chi connectivity index (χ4v) is 2.16. The van der Waals surface area contributed by atoms with Gasteiger partial charge in [-0.05, 0) is 18.9 Å². The number of carbonyl (C=O) groups is 1. The summed E-state index contributed by atoms with van der Waals surface area (Å²) in [6, 6.07) is 3.85. The van der Waals surface area contributed by atoms with Crippen LogP contribution < -0.4 is 5.32 Å². The second kappa shape index (κ2) is 5.96. The number of nitriles is 1. The minimum atomic E-state index is -0.0792. The molecule has 0 radical (unpaired) electrons. The van der Waals surface area contributed by atoms with Gasteiger partial charge in [-0.3, -0.25) is 4.79 Å². The number of carbonyl (C=O) groups excluding carboxylic acids is 1. The molecule has 0 spiro atoms. The first-order valence-electron chi connectivity index (χ1n) is 5.97. The van der Waals surface area contributed by atoms with E-state index in [0.29, 0.717) is 6.54 Å². The minimum Gasteiger partial charge on any atom is -0.368 e. The number of hydrogen-bond acceptors (Lipinski definition) is 5. The lowest BCUT2D eigenvalue weighted by molar-refractivity contribution is -0.130. The monoisotopic (exact) mass is 245 g/mol. The predicted octanol–water partition coefficient (Wildman–Crippen LogP) is 0.793. The van der Waals surface area contributed by atoms with Gasteiger partial charge in [0, 0.05) is 25.3 Å². The molecule has 1 aliphatic heterocycles. The van der Waals surface area contributed by atoms with Crippen molar-refractivity contribution in [3.8, 4) is 6.07 Å². The molecule has 1 atom stereocenters. The molecule has 1 aliphatic rings.